The lowest BCUT2D eigenvalue weighted by Gasteiger charge is -2.38. The number of methoxy groups -OCH3 is 2. The van der Waals surface area contributed by atoms with Crippen molar-refractivity contribution in [2.45, 2.75) is 38.9 Å². The number of carbonyl (C=O) groups excluding carboxylic acids is 2. The Bertz CT molecular complexity index is 536. The van der Waals surface area contributed by atoms with Crippen molar-refractivity contribution in [3.8, 4) is 0 Å². The van der Waals surface area contributed by atoms with Gasteiger partial charge >= 0.3 is 11.9 Å². The van der Waals surface area contributed by atoms with Crippen molar-refractivity contribution >= 4 is 28.7 Å². The highest BCUT2D eigenvalue weighted by molar-refractivity contribution is 8.16. The molecule has 0 saturated carbocycles. The fourth-order valence-corrected chi connectivity index (χ4v) is 3.16. The number of carbonyl (C=O) groups is 2. The Morgan fingerprint density at radius 3 is 2.18 bits per heavy atom. The Balaban J connectivity index is 2.94. The maximum absolute atomic E-state index is 11.3. The fraction of sp³-hybridized carbons (Fsp3) is 0.533. The molecule has 0 atom stereocenters. The molecule has 0 radical (unpaired) electrons. The number of rotatable bonds is 4. The van der Waals surface area contributed by atoms with Crippen LogP contribution in [0.3, 0.4) is 0 Å². The van der Waals surface area contributed by atoms with Gasteiger partial charge in [-0.25, -0.2) is 9.59 Å². The summed E-state index contributed by atoms with van der Waals surface area (Å²) in [6, 6.07) is 0. The predicted molar refractivity (Wildman–Crippen MR) is 87.3 cm³/mol. The van der Waals surface area contributed by atoms with Gasteiger partial charge in [0.15, 0.2) is 0 Å². The first kappa shape index (κ1) is 18.3. The fourth-order valence-electron chi connectivity index (χ4n) is 2.19. The highest BCUT2D eigenvalue weighted by atomic mass is 32.2. The zero-order chi connectivity index (χ0) is 17.0. The molecule has 7 heteroatoms. The van der Waals surface area contributed by atoms with E-state index in [0.29, 0.717) is 0 Å². The van der Waals surface area contributed by atoms with Gasteiger partial charge in [0.05, 0.1) is 24.8 Å². The van der Waals surface area contributed by atoms with Gasteiger partial charge in [-0.2, -0.15) is 0 Å². The van der Waals surface area contributed by atoms with Crippen LogP contribution >= 0.6 is 11.8 Å². The van der Waals surface area contributed by atoms with Crippen molar-refractivity contribution in [3.05, 3.63) is 23.8 Å². The van der Waals surface area contributed by atoms with Crippen LogP contribution in [0.25, 0.3) is 0 Å². The van der Waals surface area contributed by atoms with Crippen LogP contribution in [-0.2, 0) is 19.1 Å². The molecule has 0 spiro atoms. The lowest BCUT2D eigenvalue weighted by Crippen LogP contribution is -2.48. The van der Waals surface area contributed by atoms with Crippen LogP contribution in [0.15, 0.2) is 28.8 Å². The molecule has 0 fully saturated rings. The van der Waals surface area contributed by atoms with E-state index in [1.165, 1.54) is 38.1 Å². The molecule has 122 valence electrons. The zero-order valence-corrected chi connectivity index (χ0v) is 14.6. The number of hydrogen-bond donors (Lipinski definition) is 0. The lowest BCUT2D eigenvalue weighted by atomic mass is 10.0. The van der Waals surface area contributed by atoms with Gasteiger partial charge in [-0.3, -0.25) is 4.99 Å². The standard InChI is InChI=1S/C15H22N2O4S/c1-14(2)13(22-10-8-12(19)21-6)16-15(3,4)17(14)9-7-11(18)20-5/h7-10H,1-6H3/b9-7-,10-8-. The molecule has 0 aromatic rings. The Morgan fingerprint density at radius 1 is 1.09 bits per heavy atom. The van der Waals surface area contributed by atoms with E-state index in [2.05, 4.69) is 14.5 Å². The molecule has 0 amide bonds. The first-order valence-corrected chi connectivity index (χ1v) is 7.60. The van der Waals surface area contributed by atoms with Crippen LogP contribution in [0.1, 0.15) is 27.7 Å². The van der Waals surface area contributed by atoms with Crippen molar-refractivity contribution in [1.82, 2.24) is 4.90 Å². The minimum absolute atomic E-state index is 0.411. The number of aliphatic imine (C=N–C) groups is 1. The summed E-state index contributed by atoms with van der Waals surface area (Å²) in [5, 5.41) is 2.49. The first-order valence-electron chi connectivity index (χ1n) is 6.72. The smallest absolute Gasteiger partial charge is 0.331 e. The summed E-state index contributed by atoms with van der Waals surface area (Å²) in [6.45, 7) is 7.91. The number of nitrogens with zero attached hydrogens (tertiary/aromatic N) is 2. The van der Waals surface area contributed by atoms with Crippen LogP contribution in [0.4, 0.5) is 0 Å². The van der Waals surface area contributed by atoms with Crippen molar-refractivity contribution in [2.24, 2.45) is 4.99 Å². The molecule has 0 N–H and O–H groups in total. The third kappa shape index (κ3) is 4.13. The summed E-state index contributed by atoms with van der Waals surface area (Å²) in [6.07, 6.45) is 4.41. The lowest BCUT2D eigenvalue weighted by molar-refractivity contribution is -0.135. The van der Waals surface area contributed by atoms with E-state index in [0.717, 1.165) is 5.04 Å². The van der Waals surface area contributed by atoms with Crippen LogP contribution in [0, 0.1) is 0 Å². The highest BCUT2D eigenvalue weighted by Crippen LogP contribution is 2.39. The molecule has 0 aromatic carbocycles. The molecule has 0 bridgehead atoms. The monoisotopic (exact) mass is 326 g/mol. The van der Waals surface area contributed by atoms with E-state index in [-0.39, 0.29) is 0 Å². The maximum Gasteiger partial charge on any atom is 0.331 e. The molecular weight excluding hydrogens is 304 g/mol. The molecule has 1 aliphatic rings. The Hall–Kier alpha value is -1.76. The summed E-state index contributed by atoms with van der Waals surface area (Å²) < 4.78 is 9.17. The summed E-state index contributed by atoms with van der Waals surface area (Å²) in [4.78, 5) is 29.1. The van der Waals surface area contributed by atoms with Gasteiger partial charge in [0.1, 0.15) is 5.66 Å². The van der Waals surface area contributed by atoms with Crippen molar-refractivity contribution in [2.75, 3.05) is 14.2 Å². The molecule has 1 heterocycles. The number of hydrogen-bond acceptors (Lipinski definition) is 7. The molecule has 0 aromatic heterocycles. The van der Waals surface area contributed by atoms with Gasteiger partial charge in [-0.1, -0.05) is 11.8 Å². The van der Waals surface area contributed by atoms with Gasteiger partial charge in [-0.05, 0) is 33.1 Å². The Labute approximate surface area is 135 Å². The largest absolute Gasteiger partial charge is 0.466 e. The second-order valence-corrected chi connectivity index (χ2v) is 6.52. The maximum atomic E-state index is 11.3. The van der Waals surface area contributed by atoms with Crippen LogP contribution < -0.4 is 0 Å². The van der Waals surface area contributed by atoms with Gasteiger partial charge in [-0.15, -0.1) is 0 Å². The topological polar surface area (TPSA) is 68.2 Å². The average molecular weight is 326 g/mol. The third-order valence-electron chi connectivity index (χ3n) is 3.24. The molecule has 6 nitrogen and oxygen atoms in total. The zero-order valence-electron chi connectivity index (χ0n) is 13.7. The molecule has 22 heavy (non-hydrogen) atoms. The van der Waals surface area contributed by atoms with E-state index < -0.39 is 23.1 Å². The summed E-state index contributed by atoms with van der Waals surface area (Å²) in [7, 11) is 2.67. The number of thioether (sulfide) groups is 1. The first-order chi connectivity index (χ1) is 10.1. The molecule has 0 saturated heterocycles. The average Bonchev–Trinajstić information content (AvgIpc) is 2.61. The van der Waals surface area contributed by atoms with E-state index in [1.54, 1.807) is 11.6 Å². The van der Waals surface area contributed by atoms with Crippen LogP contribution in [0.2, 0.25) is 0 Å². The summed E-state index contributed by atoms with van der Waals surface area (Å²) in [5.74, 6) is -0.830. The van der Waals surface area contributed by atoms with E-state index in [1.807, 2.05) is 32.6 Å². The molecular formula is C15H22N2O4S. The second kappa shape index (κ2) is 7.00. The van der Waals surface area contributed by atoms with Crippen molar-refractivity contribution in [1.29, 1.82) is 0 Å². The van der Waals surface area contributed by atoms with Gasteiger partial charge in [0, 0.05) is 18.4 Å². The van der Waals surface area contributed by atoms with Crippen molar-refractivity contribution in [3.63, 3.8) is 0 Å². The van der Waals surface area contributed by atoms with Crippen LogP contribution in [0.5, 0.6) is 0 Å². The molecule has 1 rings (SSSR count). The third-order valence-corrected chi connectivity index (χ3v) is 4.32. The van der Waals surface area contributed by atoms with E-state index >= 15 is 0 Å². The quantitative estimate of drug-likeness (QED) is 0.583. The predicted octanol–water partition coefficient (Wildman–Crippen LogP) is 2.32. The van der Waals surface area contributed by atoms with Crippen LogP contribution in [-0.4, -0.2) is 47.3 Å². The van der Waals surface area contributed by atoms with Gasteiger partial charge < -0.3 is 14.4 Å². The number of ether oxygens (including phenoxy) is 2. The normalized spacial score (nSPS) is 19.5. The van der Waals surface area contributed by atoms with Crippen molar-refractivity contribution < 1.29 is 19.1 Å². The SMILES string of the molecule is COC(=O)/C=C\SC1=NC(C)(C)N(/C=C\C(=O)OC)C1(C)C. The molecule has 0 unspecified atom stereocenters. The summed E-state index contributed by atoms with van der Waals surface area (Å²) in [5.41, 5.74) is -0.922. The number of esters is 2. The van der Waals surface area contributed by atoms with Gasteiger partial charge in [0.25, 0.3) is 0 Å². The second-order valence-electron chi connectivity index (χ2n) is 5.62. The van der Waals surface area contributed by atoms with E-state index in [9.17, 15) is 9.59 Å². The minimum Gasteiger partial charge on any atom is -0.466 e. The molecule has 1 aliphatic heterocycles. The Kier molecular flexibility index (Phi) is 5.82. The Morgan fingerprint density at radius 2 is 1.64 bits per heavy atom. The van der Waals surface area contributed by atoms with Gasteiger partial charge in [0.2, 0.25) is 0 Å². The summed E-state index contributed by atoms with van der Waals surface area (Å²) >= 11 is 1.36. The van der Waals surface area contributed by atoms with E-state index in [4.69, 9.17) is 0 Å². The highest BCUT2D eigenvalue weighted by Gasteiger charge is 2.45. The minimum atomic E-state index is -0.505. The molecule has 0 aliphatic carbocycles.